The van der Waals surface area contributed by atoms with Crippen molar-refractivity contribution in [1.29, 1.82) is 0 Å². The minimum absolute atomic E-state index is 0.637. The molecular weight excluding hydrogens is 180 g/mol. The summed E-state index contributed by atoms with van der Waals surface area (Å²) >= 11 is 0. The van der Waals surface area contributed by atoms with E-state index in [4.69, 9.17) is 10.6 Å². The second kappa shape index (κ2) is 10.3. The lowest BCUT2D eigenvalue weighted by Crippen LogP contribution is -2.42. The molecule has 5 nitrogen and oxygen atoms in total. The number of nitrogens with two attached hydrogens (primary N) is 1. The number of hydrogen-bond acceptors (Lipinski definition) is 3. The maximum absolute atomic E-state index is 5.29. The number of ether oxygens (including phenoxy) is 1. The first-order valence-electron chi connectivity index (χ1n) is 5.09. The SMILES string of the molecule is CCCCCN=C(NN)NCCOC. The zero-order valence-electron chi connectivity index (χ0n) is 9.18. The van der Waals surface area contributed by atoms with Gasteiger partial charge in [0, 0.05) is 20.2 Å². The van der Waals surface area contributed by atoms with Gasteiger partial charge < -0.3 is 10.1 Å². The van der Waals surface area contributed by atoms with Gasteiger partial charge in [-0.2, -0.15) is 0 Å². The predicted molar refractivity (Wildman–Crippen MR) is 59.0 cm³/mol. The van der Waals surface area contributed by atoms with Gasteiger partial charge in [0.25, 0.3) is 0 Å². The van der Waals surface area contributed by atoms with Crippen LogP contribution >= 0.6 is 0 Å². The third kappa shape index (κ3) is 7.82. The standard InChI is InChI=1S/C9H22N4O/c1-3-4-5-6-11-9(13-10)12-7-8-14-2/h3-8,10H2,1-2H3,(H2,11,12,13). The fourth-order valence-corrected chi connectivity index (χ4v) is 0.977. The van der Waals surface area contributed by atoms with Gasteiger partial charge in [-0.05, 0) is 6.42 Å². The topological polar surface area (TPSA) is 71.7 Å². The Morgan fingerprint density at radius 2 is 2.21 bits per heavy atom. The molecule has 5 heteroatoms. The van der Waals surface area contributed by atoms with E-state index in [1.165, 1.54) is 12.8 Å². The first-order chi connectivity index (χ1) is 6.85. The van der Waals surface area contributed by atoms with Crippen LogP contribution in [0.3, 0.4) is 0 Å². The fraction of sp³-hybridized carbons (Fsp3) is 0.889. The molecule has 0 atom stereocenters. The lowest BCUT2D eigenvalue weighted by molar-refractivity contribution is 0.203. The predicted octanol–water partition coefficient (Wildman–Crippen LogP) is 0.232. The molecule has 0 aromatic carbocycles. The monoisotopic (exact) mass is 202 g/mol. The summed E-state index contributed by atoms with van der Waals surface area (Å²) in [7, 11) is 1.66. The molecule has 0 rings (SSSR count). The molecule has 0 amide bonds. The molecule has 0 spiro atoms. The normalized spacial score (nSPS) is 11.5. The van der Waals surface area contributed by atoms with Gasteiger partial charge in [-0.15, -0.1) is 0 Å². The van der Waals surface area contributed by atoms with E-state index >= 15 is 0 Å². The van der Waals surface area contributed by atoms with Crippen LogP contribution in [-0.4, -0.2) is 32.8 Å². The van der Waals surface area contributed by atoms with E-state index in [0.717, 1.165) is 13.0 Å². The highest BCUT2D eigenvalue weighted by Crippen LogP contribution is 1.93. The van der Waals surface area contributed by atoms with E-state index in [1.54, 1.807) is 7.11 Å². The summed E-state index contributed by atoms with van der Waals surface area (Å²) in [5.74, 6) is 5.92. The molecule has 0 unspecified atom stereocenters. The van der Waals surface area contributed by atoms with Crippen LogP contribution in [0.15, 0.2) is 4.99 Å². The molecule has 0 saturated heterocycles. The van der Waals surface area contributed by atoms with Gasteiger partial charge in [-0.3, -0.25) is 10.4 Å². The molecule has 0 bridgehead atoms. The van der Waals surface area contributed by atoms with Crippen molar-refractivity contribution in [3.8, 4) is 0 Å². The smallest absolute Gasteiger partial charge is 0.205 e. The summed E-state index contributed by atoms with van der Waals surface area (Å²) < 4.78 is 4.89. The summed E-state index contributed by atoms with van der Waals surface area (Å²) in [6.45, 7) is 4.35. The van der Waals surface area contributed by atoms with Gasteiger partial charge in [0.1, 0.15) is 0 Å². The van der Waals surface area contributed by atoms with E-state index in [9.17, 15) is 0 Å². The van der Waals surface area contributed by atoms with Crippen molar-refractivity contribution in [1.82, 2.24) is 10.7 Å². The first-order valence-corrected chi connectivity index (χ1v) is 5.09. The maximum atomic E-state index is 5.29. The van der Waals surface area contributed by atoms with Crippen molar-refractivity contribution in [2.24, 2.45) is 10.8 Å². The number of unbranched alkanes of at least 4 members (excludes halogenated alkanes) is 2. The van der Waals surface area contributed by atoms with Crippen molar-refractivity contribution >= 4 is 5.96 Å². The molecule has 0 aliphatic rings. The summed E-state index contributed by atoms with van der Waals surface area (Å²) in [6, 6.07) is 0. The third-order valence-electron chi connectivity index (χ3n) is 1.77. The maximum Gasteiger partial charge on any atom is 0.205 e. The first kappa shape index (κ1) is 13.2. The zero-order chi connectivity index (χ0) is 10.6. The van der Waals surface area contributed by atoms with Crippen LogP contribution in [0.25, 0.3) is 0 Å². The van der Waals surface area contributed by atoms with E-state index < -0.39 is 0 Å². The van der Waals surface area contributed by atoms with Crippen LogP contribution in [0.4, 0.5) is 0 Å². The van der Waals surface area contributed by atoms with E-state index in [2.05, 4.69) is 22.7 Å². The van der Waals surface area contributed by atoms with Crippen LogP contribution in [-0.2, 0) is 4.74 Å². The second-order valence-electron chi connectivity index (χ2n) is 3.00. The Balaban J connectivity index is 3.53. The molecule has 0 saturated carbocycles. The molecule has 0 heterocycles. The lowest BCUT2D eigenvalue weighted by atomic mass is 10.2. The van der Waals surface area contributed by atoms with Crippen LogP contribution in [0.1, 0.15) is 26.2 Å². The average molecular weight is 202 g/mol. The number of guanidine groups is 1. The Morgan fingerprint density at radius 1 is 1.43 bits per heavy atom. The summed E-state index contributed by atoms with van der Waals surface area (Å²) in [5.41, 5.74) is 2.52. The minimum Gasteiger partial charge on any atom is -0.383 e. The van der Waals surface area contributed by atoms with Crippen molar-refractivity contribution in [2.45, 2.75) is 26.2 Å². The molecule has 4 N–H and O–H groups in total. The van der Waals surface area contributed by atoms with Gasteiger partial charge >= 0.3 is 0 Å². The van der Waals surface area contributed by atoms with Gasteiger partial charge in [0.2, 0.25) is 5.96 Å². The minimum atomic E-state index is 0.637. The molecule has 0 aliphatic heterocycles. The number of nitrogens with one attached hydrogen (secondary N) is 2. The largest absolute Gasteiger partial charge is 0.383 e. The lowest BCUT2D eigenvalue weighted by Gasteiger charge is -2.08. The molecular formula is C9H22N4O. The molecule has 0 aliphatic carbocycles. The molecule has 14 heavy (non-hydrogen) atoms. The van der Waals surface area contributed by atoms with Gasteiger partial charge in [-0.25, -0.2) is 5.84 Å². The zero-order valence-corrected chi connectivity index (χ0v) is 9.18. The van der Waals surface area contributed by atoms with E-state index in [-0.39, 0.29) is 0 Å². The molecule has 0 aromatic heterocycles. The van der Waals surface area contributed by atoms with Gasteiger partial charge in [0.05, 0.1) is 6.61 Å². The number of rotatable bonds is 7. The second-order valence-corrected chi connectivity index (χ2v) is 3.00. The van der Waals surface area contributed by atoms with E-state index in [1.807, 2.05) is 0 Å². The molecule has 0 radical (unpaired) electrons. The number of aliphatic imine (C=N–C) groups is 1. The Bertz CT molecular complexity index is 150. The highest BCUT2D eigenvalue weighted by molar-refractivity contribution is 5.79. The third-order valence-corrected chi connectivity index (χ3v) is 1.77. The summed E-state index contributed by atoms with van der Waals surface area (Å²) in [4.78, 5) is 4.27. The Kier molecular flexibility index (Phi) is 9.68. The van der Waals surface area contributed by atoms with Crippen molar-refractivity contribution < 1.29 is 4.74 Å². The van der Waals surface area contributed by atoms with Gasteiger partial charge in [-0.1, -0.05) is 19.8 Å². The van der Waals surface area contributed by atoms with Crippen molar-refractivity contribution in [2.75, 3.05) is 26.8 Å². The van der Waals surface area contributed by atoms with Crippen LogP contribution in [0.5, 0.6) is 0 Å². The van der Waals surface area contributed by atoms with Crippen LogP contribution < -0.4 is 16.6 Å². The average Bonchev–Trinajstić information content (AvgIpc) is 2.22. The van der Waals surface area contributed by atoms with E-state index in [0.29, 0.717) is 19.1 Å². The number of hydrogen-bond donors (Lipinski definition) is 3. The fourth-order valence-electron chi connectivity index (χ4n) is 0.977. The van der Waals surface area contributed by atoms with Crippen molar-refractivity contribution in [3.63, 3.8) is 0 Å². The number of nitrogens with zero attached hydrogens (tertiary/aromatic N) is 1. The molecule has 84 valence electrons. The van der Waals surface area contributed by atoms with Crippen LogP contribution in [0.2, 0.25) is 0 Å². The Morgan fingerprint density at radius 3 is 2.79 bits per heavy atom. The Labute approximate surface area is 86.1 Å². The highest BCUT2D eigenvalue weighted by Gasteiger charge is 1.93. The molecule has 0 fully saturated rings. The summed E-state index contributed by atoms with van der Waals surface area (Å²) in [5, 5.41) is 3.04. The quantitative estimate of drug-likeness (QED) is 0.182. The molecule has 0 aromatic rings. The van der Waals surface area contributed by atoms with Crippen LogP contribution in [0, 0.1) is 0 Å². The summed E-state index contributed by atoms with van der Waals surface area (Å²) in [6.07, 6.45) is 3.52. The highest BCUT2D eigenvalue weighted by atomic mass is 16.5. The van der Waals surface area contributed by atoms with Gasteiger partial charge in [0.15, 0.2) is 0 Å². The number of methoxy groups -OCH3 is 1. The number of hydrazine groups is 1. The van der Waals surface area contributed by atoms with Crippen molar-refractivity contribution in [3.05, 3.63) is 0 Å². The Hall–Kier alpha value is -0.810.